The summed E-state index contributed by atoms with van der Waals surface area (Å²) >= 11 is 5.32. The zero-order valence-corrected chi connectivity index (χ0v) is 16.3. The lowest BCUT2D eigenvalue weighted by molar-refractivity contribution is -0.141. The Morgan fingerprint density at radius 3 is 2.23 bits per heavy atom. The Balaban J connectivity index is 4.73. The van der Waals surface area contributed by atoms with Crippen molar-refractivity contribution in [2.24, 2.45) is 5.73 Å². The fourth-order valence-corrected chi connectivity index (χ4v) is 2.43. The van der Waals surface area contributed by atoms with E-state index in [1.54, 1.807) is 0 Å². The third kappa shape index (κ3) is 9.27. The van der Waals surface area contributed by atoms with E-state index in [0.717, 1.165) is 0 Å². The van der Waals surface area contributed by atoms with Gasteiger partial charge >= 0.3 is 5.97 Å². The number of amides is 3. The number of aliphatic hydroxyl groups is 1. The van der Waals surface area contributed by atoms with Crippen LogP contribution in [0.3, 0.4) is 0 Å². The molecule has 0 rings (SSSR count). The number of hydrogen-bond acceptors (Lipinski definition) is 8. The van der Waals surface area contributed by atoms with E-state index in [-0.39, 0.29) is 12.2 Å². The number of hydrogen-bond donors (Lipinski definition) is 7. The Morgan fingerprint density at radius 1 is 1.15 bits per heavy atom. The van der Waals surface area contributed by atoms with Gasteiger partial charge in [-0.1, -0.05) is 0 Å². The van der Waals surface area contributed by atoms with Gasteiger partial charge in [0.1, 0.15) is 18.1 Å². The number of thioether (sulfide) groups is 1. The topological polar surface area (TPSA) is 171 Å². The van der Waals surface area contributed by atoms with Crippen molar-refractivity contribution in [3.8, 4) is 0 Å². The second kappa shape index (κ2) is 12.8. The number of aliphatic hydroxyl groups excluding tert-OH is 1. The normalized spacial score (nSPS) is 15.3. The molecule has 12 heteroatoms. The van der Waals surface area contributed by atoms with Crippen molar-refractivity contribution in [1.29, 1.82) is 0 Å². The maximum absolute atomic E-state index is 12.2. The molecule has 0 bridgehead atoms. The third-order valence-corrected chi connectivity index (χ3v) is 4.31. The summed E-state index contributed by atoms with van der Waals surface area (Å²) in [5.74, 6) is -2.78. The van der Waals surface area contributed by atoms with Crippen LogP contribution in [0.25, 0.3) is 0 Å². The van der Waals surface area contributed by atoms with Crippen molar-refractivity contribution in [3.05, 3.63) is 0 Å². The third-order valence-electron chi connectivity index (χ3n) is 3.31. The highest BCUT2D eigenvalue weighted by atomic mass is 32.2. The molecule has 0 aliphatic heterocycles. The molecule has 0 aromatic carbocycles. The molecule has 0 heterocycles. The first-order valence-corrected chi connectivity index (χ1v) is 9.80. The van der Waals surface area contributed by atoms with E-state index < -0.39 is 54.5 Å². The van der Waals surface area contributed by atoms with E-state index >= 15 is 0 Å². The minimum atomic E-state index is -1.23. The van der Waals surface area contributed by atoms with Gasteiger partial charge in [0.15, 0.2) is 0 Å². The smallest absolute Gasteiger partial charge is 0.327 e. The van der Waals surface area contributed by atoms with Gasteiger partial charge in [-0.2, -0.15) is 24.4 Å². The summed E-state index contributed by atoms with van der Waals surface area (Å²) in [6, 6.07) is -3.31. The zero-order valence-electron chi connectivity index (χ0n) is 14.6. The number of carbonyl (C=O) groups excluding carboxylic acids is 3. The van der Waals surface area contributed by atoms with Gasteiger partial charge in [0, 0.05) is 5.75 Å². The van der Waals surface area contributed by atoms with E-state index in [0.29, 0.717) is 5.75 Å². The first kappa shape index (κ1) is 24.5. The van der Waals surface area contributed by atoms with E-state index in [2.05, 4.69) is 28.6 Å². The van der Waals surface area contributed by atoms with Gasteiger partial charge < -0.3 is 31.9 Å². The second-order valence-electron chi connectivity index (χ2n) is 5.47. The van der Waals surface area contributed by atoms with Crippen LogP contribution in [0.2, 0.25) is 0 Å². The fourth-order valence-electron chi connectivity index (χ4n) is 1.71. The Morgan fingerprint density at radius 2 is 1.77 bits per heavy atom. The van der Waals surface area contributed by atoms with Crippen LogP contribution in [-0.4, -0.2) is 82.4 Å². The maximum Gasteiger partial charge on any atom is 0.327 e. The second-order valence-corrected chi connectivity index (χ2v) is 6.82. The lowest BCUT2D eigenvalue weighted by atomic mass is 10.2. The number of thiol groups is 1. The van der Waals surface area contributed by atoms with Crippen molar-refractivity contribution in [2.45, 2.75) is 37.6 Å². The number of carboxylic acid groups (broad SMARTS) is 1. The molecule has 150 valence electrons. The highest BCUT2D eigenvalue weighted by Gasteiger charge is 2.26. The van der Waals surface area contributed by atoms with Crippen molar-refractivity contribution in [2.75, 3.05) is 24.3 Å². The maximum atomic E-state index is 12.2. The number of nitrogens with two attached hydrogens (primary N) is 1. The SMILES string of the molecule is CSCCC(NC(=O)CNC(=O)C(N)C(C)O)C(=O)NC(CS)C(=O)O. The van der Waals surface area contributed by atoms with Crippen molar-refractivity contribution >= 4 is 48.1 Å². The van der Waals surface area contributed by atoms with Crippen LogP contribution in [0, 0.1) is 0 Å². The summed E-state index contributed by atoms with van der Waals surface area (Å²) in [7, 11) is 0. The van der Waals surface area contributed by atoms with Crippen LogP contribution >= 0.6 is 24.4 Å². The van der Waals surface area contributed by atoms with Crippen LogP contribution in [0.4, 0.5) is 0 Å². The van der Waals surface area contributed by atoms with Gasteiger partial charge in [0.25, 0.3) is 0 Å². The van der Waals surface area contributed by atoms with Crippen molar-refractivity contribution < 1.29 is 29.4 Å². The van der Waals surface area contributed by atoms with Gasteiger partial charge in [-0.15, -0.1) is 0 Å². The molecule has 3 amide bonds. The van der Waals surface area contributed by atoms with Gasteiger partial charge in [0.05, 0.1) is 12.6 Å². The molecular weight excluding hydrogens is 384 g/mol. The first-order valence-electron chi connectivity index (χ1n) is 7.77. The number of carbonyl (C=O) groups is 4. The summed E-state index contributed by atoms with van der Waals surface area (Å²) in [5, 5.41) is 25.2. The molecule has 0 aromatic rings. The van der Waals surface area contributed by atoms with Crippen molar-refractivity contribution in [3.63, 3.8) is 0 Å². The van der Waals surface area contributed by atoms with Crippen LogP contribution in [0.1, 0.15) is 13.3 Å². The molecule has 4 atom stereocenters. The highest BCUT2D eigenvalue weighted by molar-refractivity contribution is 7.98. The van der Waals surface area contributed by atoms with E-state index in [9.17, 15) is 24.3 Å². The number of nitrogens with one attached hydrogen (secondary N) is 3. The first-order chi connectivity index (χ1) is 12.1. The molecule has 0 aromatic heterocycles. The van der Waals surface area contributed by atoms with E-state index in [1.165, 1.54) is 18.7 Å². The highest BCUT2D eigenvalue weighted by Crippen LogP contribution is 2.02. The standard InChI is InChI=1S/C14H26N4O6S2/c1-7(19)11(15)13(22)16-5-10(20)17-8(3-4-26-2)12(21)18-9(6-25)14(23)24/h7-9,11,19,25H,3-6,15H2,1-2H3,(H,16,22)(H,17,20)(H,18,21)(H,23,24). The lowest BCUT2D eigenvalue weighted by Gasteiger charge is -2.21. The van der Waals surface area contributed by atoms with Crippen molar-refractivity contribution in [1.82, 2.24) is 16.0 Å². The molecule has 0 aliphatic carbocycles. The quantitative estimate of drug-likeness (QED) is 0.174. The molecule has 0 aliphatic rings. The molecule has 10 nitrogen and oxygen atoms in total. The predicted molar refractivity (Wildman–Crippen MR) is 101 cm³/mol. The number of carboxylic acids is 1. The summed E-state index contributed by atoms with van der Waals surface area (Å²) in [6.07, 6.45) is 1.02. The average Bonchev–Trinajstić information content (AvgIpc) is 2.59. The Labute approximate surface area is 161 Å². The molecule has 0 spiro atoms. The average molecular weight is 411 g/mol. The van der Waals surface area contributed by atoms with Gasteiger partial charge in [-0.25, -0.2) is 4.79 Å². The Hall–Kier alpha value is -1.50. The van der Waals surface area contributed by atoms with E-state index in [1.807, 2.05) is 6.26 Å². The number of rotatable bonds is 12. The molecule has 26 heavy (non-hydrogen) atoms. The Kier molecular flexibility index (Phi) is 12.1. The van der Waals surface area contributed by atoms with Gasteiger partial charge in [-0.05, 0) is 25.4 Å². The fraction of sp³-hybridized carbons (Fsp3) is 0.714. The van der Waals surface area contributed by atoms with Gasteiger partial charge in [-0.3, -0.25) is 14.4 Å². The molecule has 7 N–H and O–H groups in total. The van der Waals surface area contributed by atoms with Gasteiger partial charge in [0.2, 0.25) is 17.7 Å². The molecular formula is C14H26N4O6S2. The zero-order chi connectivity index (χ0) is 20.3. The molecule has 4 unspecified atom stereocenters. The van der Waals surface area contributed by atoms with E-state index in [4.69, 9.17) is 10.8 Å². The monoisotopic (exact) mass is 410 g/mol. The molecule has 0 saturated carbocycles. The molecule has 0 saturated heterocycles. The summed E-state index contributed by atoms with van der Waals surface area (Å²) in [5.41, 5.74) is 5.44. The minimum Gasteiger partial charge on any atom is -0.480 e. The summed E-state index contributed by atoms with van der Waals surface area (Å²) in [4.78, 5) is 46.8. The summed E-state index contributed by atoms with van der Waals surface area (Å²) in [6.45, 7) is 0.907. The minimum absolute atomic E-state index is 0.0996. The van der Waals surface area contributed by atoms with Crippen LogP contribution in [-0.2, 0) is 19.2 Å². The summed E-state index contributed by atoms with van der Waals surface area (Å²) < 4.78 is 0. The van der Waals surface area contributed by atoms with Crippen LogP contribution < -0.4 is 21.7 Å². The van der Waals surface area contributed by atoms with Crippen LogP contribution in [0.15, 0.2) is 0 Å². The van der Waals surface area contributed by atoms with Crippen LogP contribution in [0.5, 0.6) is 0 Å². The molecule has 0 radical (unpaired) electrons. The largest absolute Gasteiger partial charge is 0.480 e. The molecule has 0 fully saturated rings. The Bertz CT molecular complexity index is 506. The number of aliphatic carboxylic acids is 1. The predicted octanol–water partition coefficient (Wildman–Crippen LogP) is -2.45. The lowest BCUT2D eigenvalue weighted by Crippen LogP contribution is -2.54.